The predicted molar refractivity (Wildman–Crippen MR) is 72.8 cm³/mol. The van der Waals surface area contributed by atoms with Crippen LogP contribution in [-0.4, -0.2) is 20.8 Å². The lowest BCUT2D eigenvalue weighted by Crippen LogP contribution is -2.43. The van der Waals surface area contributed by atoms with E-state index in [9.17, 15) is 4.79 Å². The molecule has 0 unspecified atom stereocenters. The van der Waals surface area contributed by atoms with Crippen molar-refractivity contribution in [3.05, 3.63) is 41.2 Å². The molecule has 0 radical (unpaired) electrons. The quantitative estimate of drug-likeness (QED) is 0.880. The number of nitrogen functional groups attached to an aromatic ring is 1. The molecule has 0 aliphatic carbocycles. The topological polar surface area (TPSA) is 85.8 Å². The maximum absolute atomic E-state index is 12.0. The van der Waals surface area contributed by atoms with E-state index in [1.807, 2.05) is 32.0 Å². The number of halogens is 1. The number of hydrogen-bond acceptors (Lipinski definition) is 4. The molecule has 0 saturated heterocycles. The molecule has 1 amide bonds. The van der Waals surface area contributed by atoms with Crippen molar-refractivity contribution in [2.75, 3.05) is 5.73 Å². The van der Waals surface area contributed by atoms with Crippen LogP contribution in [0.15, 0.2) is 30.6 Å². The van der Waals surface area contributed by atoms with E-state index in [2.05, 4.69) is 15.4 Å². The summed E-state index contributed by atoms with van der Waals surface area (Å²) in [5, 5.41) is 7.16. The summed E-state index contributed by atoms with van der Waals surface area (Å²) < 4.78 is 1.05. The molecule has 0 atom stereocenters. The van der Waals surface area contributed by atoms with Crippen LogP contribution < -0.4 is 11.1 Å². The predicted octanol–water partition coefficient (Wildman–Crippen LogP) is 2.01. The number of carbonyl (C=O) groups excluding carboxylic acids is 1. The highest BCUT2D eigenvalue weighted by Gasteiger charge is 2.26. The molecule has 0 saturated carbocycles. The third-order valence-corrected chi connectivity index (χ3v) is 3.01. The average molecular weight is 280 g/mol. The van der Waals surface area contributed by atoms with Gasteiger partial charge in [0, 0.05) is 5.02 Å². The summed E-state index contributed by atoms with van der Waals surface area (Å²) >= 11 is 6.14. The van der Waals surface area contributed by atoms with E-state index in [-0.39, 0.29) is 5.95 Å². The first-order valence-corrected chi connectivity index (χ1v) is 6.02. The molecule has 3 N–H and O–H groups in total. The van der Waals surface area contributed by atoms with E-state index in [1.54, 1.807) is 6.07 Å². The zero-order chi connectivity index (χ0) is 14.0. The molecule has 2 aromatic rings. The molecule has 7 heteroatoms. The lowest BCUT2D eigenvalue weighted by atomic mass is 9.94. The number of nitrogens with one attached hydrogen (secondary N) is 1. The average Bonchev–Trinajstić information content (AvgIpc) is 2.76. The van der Waals surface area contributed by atoms with Gasteiger partial charge >= 0.3 is 6.03 Å². The molecule has 2 rings (SSSR count). The van der Waals surface area contributed by atoms with Crippen molar-refractivity contribution in [2.24, 2.45) is 0 Å². The van der Waals surface area contributed by atoms with Gasteiger partial charge < -0.3 is 11.1 Å². The van der Waals surface area contributed by atoms with Crippen LogP contribution >= 0.6 is 11.6 Å². The maximum atomic E-state index is 12.0. The molecule has 0 fully saturated rings. The molecule has 0 bridgehead atoms. The fraction of sp³-hybridized carbons (Fsp3) is 0.250. The highest BCUT2D eigenvalue weighted by molar-refractivity contribution is 6.31. The number of rotatable bonds is 2. The molecule has 19 heavy (non-hydrogen) atoms. The smallest absolute Gasteiger partial charge is 0.344 e. The fourth-order valence-corrected chi connectivity index (χ4v) is 2.11. The Hall–Kier alpha value is -2.08. The van der Waals surface area contributed by atoms with Crippen LogP contribution in [0.5, 0.6) is 0 Å². The van der Waals surface area contributed by atoms with Crippen molar-refractivity contribution in [3.8, 4) is 0 Å². The van der Waals surface area contributed by atoms with E-state index >= 15 is 0 Å². The Bertz CT molecular complexity index is 608. The Labute approximate surface area is 115 Å². The van der Waals surface area contributed by atoms with E-state index in [0.29, 0.717) is 5.02 Å². The maximum Gasteiger partial charge on any atom is 0.344 e. The molecule has 6 nitrogen and oxygen atoms in total. The lowest BCUT2D eigenvalue weighted by molar-refractivity contribution is 0.228. The second kappa shape index (κ2) is 4.89. The molecule has 1 aromatic heterocycles. The van der Waals surface area contributed by atoms with Gasteiger partial charge in [0.15, 0.2) is 0 Å². The molecule has 0 aliphatic heterocycles. The van der Waals surface area contributed by atoms with Gasteiger partial charge in [-0.1, -0.05) is 29.8 Å². The third kappa shape index (κ3) is 2.85. The summed E-state index contributed by atoms with van der Waals surface area (Å²) in [6, 6.07) is 6.91. The van der Waals surface area contributed by atoms with Gasteiger partial charge in [0.25, 0.3) is 0 Å². The number of amides is 1. The first-order chi connectivity index (χ1) is 8.90. The minimum atomic E-state index is -0.643. The largest absolute Gasteiger partial charge is 0.366 e. The van der Waals surface area contributed by atoms with Crippen molar-refractivity contribution in [2.45, 2.75) is 19.4 Å². The highest BCUT2D eigenvalue weighted by Crippen LogP contribution is 2.27. The van der Waals surface area contributed by atoms with E-state index < -0.39 is 11.6 Å². The van der Waals surface area contributed by atoms with Crippen molar-refractivity contribution in [1.29, 1.82) is 0 Å². The number of nitrogens with two attached hydrogens (primary N) is 1. The minimum Gasteiger partial charge on any atom is -0.366 e. The van der Waals surface area contributed by atoms with Crippen LogP contribution in [0.25, 0.3) is 0 Å². The molecular weight excluding hydrogens is 266 g/mol. The summed E-state index contributed by atoms with van der Waals surface area (Å²) in [5.74, 6) is 0.0469. The van der Waals surface area contributed by atoms with Crippen molar-refractivity contribution < 1.29 is 4.79 Å². The molecular formula is C12H14ClN5O. The third-order valence-electron chi connectivity index (χ3n) is 2.68. The number of hydrogen-bond donors (Lipinski definition) is 2. The number of anilines is 1. The van der Waals surface area contributed by atoms with Crippen molar-refractivity contribution >= 4 is 23.6 Å². The normalized spacial score (nSPS) is 11.3. The van der Waals surface area contributed by atoms with Gasteiger partial charge in [-0.15, -0.1) is 5.10 Å². The fourth-order valence-electron chi connectivity index (χ4n) is 1.73. The van der Waals surface area contributed by atoms with Crippen molar-refractivity contribution in [1.82, 2.24) is 20.1 Å². The number of nitrogens with zero attached hydrogens (tertiary/aromatic N) is 3. The standard InChI is InChI=1S/C12H14ClN5O/c1-12(2,8-5-3-4-6-9(8)13)16-11(19)18-7-15-10(14)17-18/h3-7H,1-2H3,(H2,14,17)(H,16,19). The van der Waals surface area contributed by atoms with Gasteiger partial charge in [0.05, 0.1) is 5.54 Å². The molecule has 0 spiro atoms. The van der Waals surface area contributed by atoms with E-state index in [0.717, 1.165) is 10.2 Å². The SMILES string of the molecule is CC(C)(NC(=O)n1cnc(N)n1)c1ccccc1Cl. The summed E-state index contributed by atoms with van der Waals surface area (Å²) in [7, 11) is 0. The zero-order valence-corrected chi connectivity index (χ0v) is 11.3. The van der Waals surface area contributed by atoms with Gasteiger partial charge in [-0.2, -0.15) is 4.68 Å². The lowest BCUT2D eigenvalue weighted by Gasteiger charge is -2.27. The summed E-state index contributed by atoms with van der Waals surface area (Å²) in [6.45, 7) is 3.71. The van der Waals surface area contributed by atoms with E-state index in [4.69, 9.17) is 17.3 Å². The second-order valence-corrected chi connectivity index (χ2v) is 4.99. The first kappa shape index (κ1) is 13.4. The Kier molecular flexibility index (Phi) is 3.44. The molecule has 0 aliphatic rings. The van der Waals surface area contributed by atoms with Gasteiger partial charge in [0.1, 0.15) is 6.33 Å². The number of carbonyl (C=O) groups is 1. The van der Waals surface area contributed by atoms with Gasteiger partial charge in [-0.05, 0) is 25.5 Å². The Morgan fingerprint density at radius 2 is 2.11 bits per heavy atom. The van der Waals surface area contributed by atoms with Crippen LogP contribution in [0, 0.1) is 0 Å². The van der Waals surface area contributed by atoms with Crippen LogP contribution in [0.1, 0.15) is 19.4 Å². The minimum absolute atomic E-state index is 0.0469. The zero-order valence-electron chi connectivity index (χ0n) is 10.6. The Morgan fingerprint density at radius 1 is 1.42 bits per heavy atom. The number of benzene rings is 1. The number of aromatic nitrogens is 3. The monoisotopic (exact) mass is 279 g/mol. The highest BCUT2D eigenvalue weighted by atomic mass is 35.5. The van der Waals surface area contributed by atoms with E-state index in [1.165, 1.54) is 6.33 Å². The van der Waals surface area contributed by atoms with Gasteiger partial charge in [0.2, 0.25) is 5.95 Å². The van der Waals surface area contributed by atoms with Crippen LogP contribution in [-0.2, 0) is 5.54 Å². The van der Waals surface area contributed by atoms with Gasteiger partial charge in [-0.3, -0.25) is 0 Å². The van der Waals surface area contributed by atoms with Crippen molar-refractivity contribution in [3.63, 3.8) is 0 Å². The van der Waals surface area contributed by atoms with Gasteiger partial charge in [-0.25, -0.2) is 9.78 Å². The van der Waals surface area contributed by atoms with Crippen LogP contribution in [0.4, 0.5) is 10.7 Å². The molecule has 1 aromatic carbocycles. The first-order valence-electron chi connectivity index (χ1n) is 5.65. The molecule has 1 heterocycles. The summed E-state index contributed by atoms with van der Waals surface area (Å²) in [5.41, 5.74) is 5.55. The Balaban J connectivity index is 2.22. The summed E-state index contributed by atoms with van der Waals surface area (Å²) in [4.78, 5) is 15.7. The summed E-state index contributed by atoms with van der Waals surface area (Å²) in [6.07, 6.45) is 1.26. The second-order valence-electron chi connectivity index (χ2n) is 4.58. The van der Waals surface area contributed by atoms with Crippen LogP contribution in [0.2, 0.25) is 5.02 Å². The Morgan fingerprint density at radius 3 is 2.68 bits per heavy atom. The molecule has 100 valence electrons. The van der Waals surface area contributed by atoms with Crippen LogP contribution in [0.3, 0.4) is 0 Å².